The Kier molecular flexibility index (Phi) is 2.28. The second kappa shape index (κ2) is 3.59. The van der Waals surface area contributed by atoms with Gasteiger partial charge in [0.2, 0.25) is 0 Å². The fourth-order valence-electron chi connectivity index (χ4n) is 1.27. The van der Waals surface area contributed by atoms with Crippen molar-refractivity contribution in [3.63, 3.8) is 0 Å². The molecule has 0 aliphatic rings. The summed E-state index contributed by atoms with van der Waals surface area (Å²) in [5, 5.41) is 0. The molecule has 0 spiro atoms. The number of pyridine rings is 1. The highest BCUT2D eigenvalue weighted by Gasteiger charge is 1.99. The van der Waals surface area contributed by atoms with Gasteiger partial charge in [0, 0.05) is 18.4 Å². The van der Waals surface area contributed by atoms with Crippen LogP contribution in [0.15, 0.2) is 30.7 Å². The first kappa shape index (κ1) is 8.90. The predicted octanol–water partition coefficient (Wildman–Crippen LogP) is 1.03. The zero-order chi connectivity index (χ0) is 9.97. The summed E-state index contributed by atoms with van der Waals surface area (Å²) in [5.74, 6) is 0.872. The van der Waals surface area contributed by atoms with Crippen molar-refractivity contribution >= 4 is 0 Å². The summed E-state index contributed by atoms with van der Waals surface area (Å²) in [6.45, 7) is 2.42. The highest BCUT2D eigenvalue weighted by molar-refractivity contribution is 5.25. The normalized spacial score (nSPS) is 10.4. The number of hydrogen-bond acceptors (Lipinski definition) is 3. The standard InChI is InChI=1S/C10H12N4/c1-8-3-2-4-10(13-8)14-6-9(5-11)12-7-14/h2-4,6-7H,5,11H2,1H3. The molecule has 0 radical (unpaired) electrons. The molecule has 0 atom stereocenters. The van der Waals surface area contributed by atoms with Gasteiger partial charge in [0.1, 0.15) is 12.1 Å². The van der Waals surface area contributed by atoms with Gasteiger partial charge in [0.25, 0.3) is 0 Å². The Bertz CT molecular complexity index is 433. The lowest BCUT2D eigenvalue weighted by Gasteiger charge is -2.00. The van der Waals surface area contributed by atoms with E-state index in [-0.39, 0.29) is 0 Å². The van der Waals surface area contributed by atoms with Crippen LogP contribution in [-0.2, 0) is 6.54 Å². The molecule has 0 saturated heterocycles. The molecule has 0 saturated carbocycles. The average molecular weight is 188 g/mol. The smallest absolute Gasteiger partial charge is 0.138 e. The van der Waals surface area contributed by atoms with Crippen molar-refractivity contribution in [2.75, 3.05) is 0 Å². The summed E-state index contributed by atoms with van der Waals surface area (Å²) in [5.41, 5.74) is 7.33. The van der Waals surface area contributed by atoms with Crippen LogP contribution < -0.4 is 5.73 Å². The predicted molar refractivity (Wildman–Crippen MR) is 54.0 cm³/mol. The maximum Gasteiger partial charge on any atom is 0.138 e. The van der Waals surface area contributed by atoms with Crippen molar-refractivity contribution < 1.29 is 0 Å². The van der Waals surface area contributed by atoms with Crippen LogP contribution in [0, 0.1) is 6.92 Å². The first-order valence-electron chi connectivity index (χ1n) is 4.46. The summed E-state index contributed by atoms with van der Waals surface area (Å²) in [4.78, 5) is 8.51. The van der Waals surface area contributed by atoms with Gasteiger partial charge in [-0.2, -0.15) is 0 Å². The van der Waals surface area contributed by atoms with Gasteiger partial charge in [0.05, 0.1) is 5.69 Å². The molecule has 0 aromatic carbocycles. The zero-order valence-corrected chi connectivity index (χ0v) is 8.01. The molecule has 72 valence electrons. The Morgan fingerprint density at radius 1 is 1.43 bits per heavy atom. The number of hydrogen-bond donors (Lipinski definition) is 1. The van der Waals surface area contributed by atoms with E-state index < -0.39 is 0 Å². The van der Waals surface area contributed by atoms with E-state index in [1.165, 1.54) is 0 Å². The van der Waals surface area contributed by atoms with Crippen LogP contribution in [0.1, 0.15) is 11.4 Å². The van der Waals surface area contributed by atoms with E-state index in [9.17, 15) is 0 Å². The quantitative estimate of drug-likeness (QED) is 0.766. The van der Waals surface area contributed by atoms with Gasteiger partial charge in [-0.05, 0) is 19.1 Å². The van der Waals surface area contributed by atoms with Crippen LogP contribution in [-0.4, -0.2) is 14.5 Å². The van der Waals surface area contributed by atoms with Gasteiger partial charge in [-0.15, -0.1) is 0 Å². The molecule has 0 unspecified atom stereocenters. The summed E-state index contributed by atoms with van der Waals surface area (Å²) in [7, 11) is 0. The summed E-state index contributed by atoms with van der Waals surface area (Å²) >= 11 is 0. The van der Waals surface area contributed by atoms with Crippen LogP contribution in [0.3, 0.4) is 0 Å². The average Bonchev–Trinajstić information content (AvgIpc) is 2.66. The van der Waals surface area contributed by atoms with Gasteiger partial charge < -0.3 is 5.73 Å². The van der Waals surface area contributed by atoms with Gasteiger partial charge in [0.15, 0.2) is 0 Å². The summed E-state index contributed by atoms with van der Waals surface area (Å²) in [6.07, 6.45) is 3.62. The van der Waals surface area contributed by atoms with E-state index >= 15 is 0 Å². The Labute approximate surface area is 82.4 Å². The van der Waals surface area contributed by atoms with Crippen molar-refractivity contribution in [3.8, 4) is 5.82 Å². The minimum absolute atomic E-state index is 0.457. The van der Waals surface area contributed by atoms with Gasteiger partial charge in [-0.25, -0.2) is 9.97 Å². The van der Waals surface area contributed by atoms with Crippen LogP contribution in [0.25, 0.3) is 5.82 Å². The molecule has 0 aliphatic carbocycles. The number of nitrogens with two attached hydrogens (primary N) is 1. The van der Waals surface area contributed by atoms with E-state index in [0.29, 0.717) is 6.54 Å². The van der Waals surface area contributed by atoms with Crippen molar-refractivity contribution in [2.24, 2.45) is 5.73 Å². The molecule has 14 heavy (non-hydrogen) atoms. The maximum absolute atomic E-state index is 5.47. The van der Waals surface area contributed by atoms with Gasteiger partial charge in [-0.1, -0.05) is 6.07 Å². The minimum Gasteiger partial charge on any atom is -0.325 e. The summed E-state index contributed by atoms with van der Waals surface area (Å²) < 4.78 is 1.87. The van der Waals surface area contributed by atoms with Crippen LogP contribution in [0.4, 0.5) is 0 Å². The minimum atomic E-state index is 0.457. The number of imidazole rings is 1. The fourth-order valence-corrected chi connectivity index (χ4v) is 1.27. The van der Waals surface area contributed by atoms with Crippen molar-refractivity contribution in [1.82, 2.24) is 14.5 Å². The fraction of sp³-hybridized carbons (Fsp3) is 0.200. The van der Waals surface area contributed by atoms with Crippen LogP contribution in [0.5, 0.6) is 0 Å². The van der Waals surface area contributed by atoms with E-state index in [2.05, 4.69) is 9.97 Å². The van der Waals surface area contributed by atoms with E-state index in [1.54, 1.807) is 6.33 Å². The number of nitrogens with zero attached hydrogens (tertiary/aromatic N) is 3. The Morgan fingerprint density at radius 3 is 2.93 bits per heavy atom. The van der Waals surface area contributed by atoms with Gasteiger partial charge >= 0.3 is 0 Å². The highest BCUT2D eigenvalue weighted by Crippen LogP contribution is 2.06. The highest BCUT2D eigenvalue weighted by atomic mass is 15.1. The third-order valence-corrected chi connectivity index (χ3v) is 1.98. The first-order valence-corrected chi connectivity index (χ1v) is 4.46. The number of aryl methyl sites for hydroxylation is 1. The molecule has 0 aliphatic heterocycles. The van der Waals surface area contributed by atoms with Crippen molar-refractivity contribution in [3.05, 3.63) is 42.1 Å². The topological polar surface area (TPSA) is 56.7 Å². The number of aromatic nitrogens is 3. The van der Waals surface area contributed by atoms with Crippen molar-refractivity contribution in [1.29, 1.82) is 0 Å². The molecule has 0 amide bonds. The third-order valence-electron chi connectivity index (χ3n) is 1.98. The molecule has 2 N–H and O–H groups in total. The lowest BCUT2D eigenvalue weighted by molar-refractivity contribution is 0.973. The lowest BCUT2D eigenvalue weighted by atomic mass is 10.4. The molecule has 2 rings (SSSR count). The number of rotatable bonds is 2. The zero-order valence-electron chi connectivity index (χ0n) is 8.01. The molecular weight excluding hydrogens is 176 g/mol. The van der Waals surface area contributed by atoms with E-state index in [0.717, 1.165) is 17.2 Å². The molecule has 2 heterocycles. The SMILES string of the molecule is Cc1cccc(-n2cnc(CN)c2)n1. The molecule has 0 fully saturated rings. The van der Waals surface area contributed by atoms with E-state index in [4.69, 9.17) is 5.73 Å². The van der Waals surface area contributed by atoms with Crippen molar-refractivity contribution in [2.45, 2.75) is 13.5 Å². The van der Waals surface area contributed by atoms with E-state index in [1.807, 2.05) is 35.9 Å². The molecule has 2 aromatic heterocycles. The van der Waals surface area contributed by atoms with Crippen LogP contribution >= 0.6 is 0 Å². The van der Waals surface area contributed by atoms with Gasteiger partial charge in [-0.3, -0.25) is 4.57 Å². The molecule has 0 bridgehead atoms. The maximum atomic E-state index is 5.47. The van der Waals surface area contributed by atoms with Crippen LogP contribution in [0.2, 0.25) is 0 Å². The molecular formula is C10H12N4. The lowest BCUT2D eigenvalue weighted by Crippen LogP contribution is -1.97. The molecule has 4 nitrogen and oxygen atoms in total. The Balaban J connectivity index is 2.39. The largest absolute Gasteiger partial charge is 0.325 e. The monoisotopic (exact) mass is 188 g/mol. The second-order valence-corrected chi connectivity index (χ2v) is 3.11. The second-order valence-electron chi connectivity index (χ2n) is 3.11. The Morgan fingerprint density at radius 2 is 2.29 bits per heavy atom. The molecule has 2 aromatic rings. The Hall–Kier alpha value is -1.68. The summed E-state index contributed by atoms with van der Waals surface area (Å²) in [6, 6.07) is 5.87. The third kappa shape index (κ3) is 1.65. The first-order chi connectivity index (χ1) is 6.79. The molecule has 4 heteroatoms.